The second-order valence-electron chi connectivity index (χ2n) is 6.35. The summed E-state index contributed by atoms with van der Waals surface area (Å²) in [5.74, 6) is 0.629. The summed E-state index contributed by atoms with van der Waals surface area (Å²) in [6.07, 6.45) is 2.43. The number of rotatable bonds is 6. The standard InChI is InChI=1S/C20H26O/c1-4-20(21,15-17-9-6-5-7-10-17)19-12-8-11-18(14-19)13-16(2)3/h5-12,14,16,21H,4,13,15H2,1-3H3. The molecular formula is C20H26O. The van der Waals surface area contributed by atoms with Crippen LogP contribution in [0.3, 0.4) is 0 Å². The fourth-order valence-corrected chi connectivity index (χ4v) is 2.82. The Morgan fingerprint density at radius 1 is 0.952 bits per heavy atom. The lowest BCUT2D eigenvalue weighted by Crippen LogP contribution is -2.27. The second-order valence-corrected chi connectivity index (χ2v) is 6.35. The smallest absolute Gasteiger partial charge is 0.0934 e. The molecule has 1 N–H and O–H groups in total. The van der Waals surface area contributed by atoms with Gasteiger partial charge in [0.25, 0.3) is 0 Å². The topological polar surface area (TPSA) is 20.2 Å². The molecule has 1 heteroatoms. The lowest BCUT2D eigenvalue weighted by Gasteiger charge is -2.28. The van der Waals surface area contributed by atoms with Crippen LogP contribution in [0.5, 0.6) is 0 Å². The zero-order chi connectivity index (χ0) is 15.3. The molecule has 0 aromatic heterocycles. The molecule has 0 amide bonds. The number of benzene rings is 2. The van der Waals surface area contributed by atoms with Crippen molar-refractivity contribution >= 4 is 0 Å². The molecule has 0 saturated carbocycles. The third-order valence-electron chi connectivity index (χ3n) is 4.03. The van der Waals surface area contributed by atoms with Crippen LogP contribution in [-0.2, 0) is 18.4 Å². The monoisotopic (exact) mass is 282 g/mol. The maximum atomic E-state index is 11.1. The van der Waals surface area contributed by atoms with E-state index in [1.165, 1.54) is 11.1 Å². The largest absolute Gasteiger partial charge is 0.385 e. The third kappa shape index (κ3) is 4.18. The van der Waals surface area contributed by atoms with Gasteiger partial charge in [-0.2, -0.15) is 0 Å². The number of aliphatic hydroxyl groups is 1. The summed E-state index contributed by atoms with van der Waals surface area (Å²) < 4.78 is 0. The molecule has 2 aromatic carbocycles. The van der Waals surface area contributed by atoms with Gasteiger partial charge < -0.3 is 5.11 Å². The maximum Gasteiger partial charge on any atom is 0.0934 e. The first-order valence-corrected chi connectivity index (χ1v) is 7.89. The second kappa shape index (κ2) is 6.91. The lowest BCUT2D eigenvalue weighted by atomic mass is 9.84. The summed E-state index contributed by atoms with van der Waals surface area (Å²) in [6, 6.07) is 18.7. The van der Waals surface area contributed by atoms with Crippen molar-refractivity contribution in [1.82, 2.24) is 0 Å². The average Bonchev–Trinajstić information content (AvgIpc) is 2.48. The van der Waals surface area contributed by atoms with Crippen LogP contribution in [0.4, 0.5) is 0 Å². The summed E-state index contributed by atoms with van der Waals surface area (Å²) in [4.78, 5) is 0. The molecule has 0 saturated heterocycles. The molecule has 0 aliphatic heterocycles. The van der Waals surface area contributed by atoms with E-state index in [1.54, 1.807) is 0 Å². The summed E-state index contributed by atoms with van der Waals surface area (Å²) >= 11 is 0. The molecule has 0 aliphatic carbocycles. The Morgan fingerprint density at radius 3 is 2.24 bits per heavy atom. The van der Waals surface area contributed by atoms with Gasteiger partial charge in [0, 0.05) is 6.42 Å². The van der Waals surface area contributed by atoms with Gasteiger partial charge in [0.1, 0.15) is 0 Å². The first kappa shape index (κ1) is 15.8. The molecule has 0 aliphatic rings. The summed E-state index contributed by atoms with van der Waals surface area (Å²) in [5, 5.41) is 11.1. The van der Waals surface area contributed by atoms with Crippen molar-refractivity contribution in [2.24, 2.45) is 5.92 Å². The summed E-state index contributed by atoms with van der Waals surface area (Å²) in [7, 11) is 0. The highest BCUT2D eigenvalue weighted by atomic mass is 16.3. The molecule has 1 unspecified atom stereocenters. The van der Waals surface area contributed by atoms with Gasteiger partial charge in [-0.05, 0) is 35.4 Å². The average molecular weight is 282 g/mol. The third-order valence-corrected chi connectivity index (χ3v) is 4.03. The number of hydrogen-bond donors (Lipinski definition) is 1. The molecule has 2 aromatic rings. The van der Waals surface area contributed by atoms with Gasteiger partial charge in [0.15, 0.2) is 0 Å². The van der Waals surface area contributed by atoms with Crippen LogP contribution in [-0.4, -0.2) is 5.11 Å². The van der Waals surface area contributed by atoms with Gasteiger partial charge in [0.05, 0.1) is 5.60 Å². The van der Waals surface area contributed by atoms with Crippen molar-refractivity contribution in [3.8, 4) is 0 Å². The van der Waals surface area contributed by atoms with Crippen LogP contribution in [0, 0.1) is 5.92 Å². The first-order chi connectivity index (χ1) is 10.0. The zero-order valence-corrected chi connectivity index (χ0v) is 13.3. The Bertz CT molecular complexity index is 559. The number of hydrogen-bond acceptors (Lipinski definition) is 1. The summed E-state index contributed by atoms with van der Waals surface area (Å²) in [6.45, 7) is 6.50. The van der Waals surface area contributed by atoms with Gasteiger partial charge in [-0.25, -0.2) is 0 Å². The Kier molecular flexibility index (Phi) is 5.19. The molecule has 0 bridgehead atoms. The molecule has 21 heavy (non-hydrogen) atoms. The van der Waals surface area contributed by atoms with Crippen molar-refractivity contribution in [3.05, 3.63) is 71.3 Å². The SMILES string of the molecule is CCC(O)(Cc1ccccc1)c1cccc(CC(C)C)c1. The predicted octanol–water partition coefficient (Wildman–Crippen LogP) is 4.73. The van der Waals surface area contributed by atoms with E-state index < -0.39 is 5.60 Å². The first-order valence-electron chi connectivity index (χ1n) is 7.89. The van der Waals surface area contributed by atoms with Crippen molar-refractivity contribution in [2.75, 3.05) is 0 Å². The van der Waals surface area contributed by atoms with E-state index in [9.17, 15) is 5.11 Å². The van der Waals surface area contributed by atoms with Crippen LogP contribution >= 0.6 is 0 Å². The highest BCUT2D eigenvalue weighted by molar-refractivity contribution is 5.31. The minimum absolute atomic E-state index is 0.629. The Hall–Kier alpha value is -1.60. The van der Waals surface area contributed by atoms with Crippen molar-refractivity contribution < 1.29 is 5.11 Å². The van der Waals surface area contributed by atoms with Crippen LogP contribution in [0.1, 0.15) is 43.9 Å². The van der Waals surface area contributed by atoms with Crippen LogP contribution in [0.2, 0.25) is 0 Å². The van der Waals surface area contributed by atoms with Crippen molar-refractivity contribution in [3.63, 3.8) is 0 Å². The molecule has 1 atom stereocenters. The molecule has 0 fully saturated rings. The Balaban J connectivity index is 2.27. The van der Waals surface area contributed by atoms with E-state index in [4.69, 9.17) is 0 Å². The zero-order valence-electron chi connectivity index (χ0n) is 13.3. The van der Waals surface area contributed by atoms with Gasteiger partial charge in [-0.3, -0.25) is 0 Å². The molecular weight excluding hydrogens is 256 g/mol. The van der Waals surface area contributed by atoms with E-state index in [0.29, 0.717) is 18.8 Å². The molecule has 2 rings (SSSR count). The van der Waals surface area contributed by atoms with Crippen LogP contribution in [0.15, 0.2) is 54.6 Å². The van der Waals surface area contributed by atoms with E-state index in [2.05, 4.69) is 57.2 Å². The molecule has 0 radical (unpaired) electrons. The molecule has 0 spiro atoms. The van der Waals surface area contributed by atoms with E-state index >= 15 is 0 Å². The normalized spacial score (nSPS) is 14.1. The van der Waals surface area contributed by atoms with Gasteiger partial charge >= 0.3 is 0 Å². The Labute approximate surface area is 128 Å². The fraction of sp³-hybridized carbons (Fsp3) is 0.400. The van der Waals surface area contributed by atoms with Crippen molar-refractivity contribution in [1.29, 1.82) is 0 Å². The maximum absolute atomic E-state index is 11.1. The molecule has 0 heterocycles. The van der Waals surface area contributed by atoms with Crippen LogP contribution < -0.4 is 0 Å². The van der Waals surface area contributed by atoms with E-state index in [1.807, 2.05) is 18.2 Å². The van der Waals surface area contributed by atoms with Gasteiger partial charge in [-0.1, -0.05) is 75.4 Å². The highest BCUT2D eigenvalue weighted by Crippen LogP contribution is 2.30. The predicted molar refractivity (Wildman–Crippen MR) is 89.3 cm³/mol. The molecule has 1 nitrogen and oxygen atoms in total. The summed E-state index contributed by atoms with van der Waals surface area (Å²) in [5.41, 5.74) is 2.74. The molecule has 112 valence electrons. The minimum atomic E-state index is -0.783. The van der Waals surface area contributed by atoms with Gasteiger partial charge in [0.2, 0.25) is 0 Å². The Morgan fingerprint density at radius 2 is 1.62 bits per heavy atom. The quantitative estimate of drug-likeness (QED) is 0.812. The van der Waals surface area contributed by atoms with Gasteiger partial charge in [-0.15, -0.1) is 0 Å². The van der Waals surface area contributed by atoms with E-state index in [0.717, 1.165) is 12.0 Å². The lowest BCUT2D eigenvalue weighted by molar-refractivity contribution is 0.0326. The van der Waals surface area contributed by atoms with Crippen LogP contribution in [0.25, 0.3) is 0 Å². The van der Waals surface area contributed by atoms with E-state index in [-0.39, 0.29) is 0 Å². The van der Waals surface area contributed by atoms with Crippen molar-refractivity contribution in [2.45, 2.75) is 45.6 Å². The highest BCUT2D eigenvalue weighted by Gasteiger charge is 2.27. The fourth-order valence-electron chi connectivity index (χ4n) is 2.82. The minimum Gasteiger partial charge on any atom is -0.385 e.